The predicted molar refractivity (Wildman–Crippen MR) is 48.4 cm³/mol. The smallest absolute Gasteiger partial charge is 0.306 e. The SMILES string of the molecule is O=C1CCC(=O)OCCO1.[Na].[Na].[Na]. The Bertz CT molecular complexity index is 144. The first-order valence-corrected chi connectivity index (χ1v) is 3.10. The van der Waals surface area contributed by atoms with Crippen LogP contribution in [0.3, 0.4) is 0 Å². The fraction of sp³-hybridized carbons (Fsp3) is 0.667. The molecule has 59 valence electrons. The molecule has 13 heavy (non-hydrogen) atoms. The summed E-state index contributed by atoms with van der Waals surface area (Å²) in [5.74, 6) is -0.645. The van der Waals surface area contributed by atoms with E-state index < -0.39 is 0 Å². The van der Waals surface area contributed by atoms with Gasteiger partial charge in [0, 0.05) is 88.7 Å². The molecule has 0 saturated carbocycles. The molecule has 7 heteroatoms. The molecule has 1 aliphatic rings. The van der Waals surface area contributed by atoms with Crippen molar-refractivity contribution < 1.29 is 19.1 Å². The molecular weight excluding hydrogens is 205 g/mol. The van der Waals surface area contributed by atoms with Gasteiger partial charge in [0.2, 0.25) is 0 Å². The molecule has 0 aromatic rings. The van der Waals surface area contributed by atoms with Gasteiger partial charge in [-0.25, -0.2) is 0 Å². The van der Waals surface area contributed by atoms with E-state index in [1.165, 1.54) is 0 Å². The molecule has 0 aromatic carbocycles. The average Bonchev–Trinajstić information content (AvgIpc) is 1.90. The zero-order valence-electron chi connectivity index (χ0n) is 8.46. The normalized spacial score (nSPS) is 15.7. The minimum atomic E-state index is -0.323. The fourth-order valence-corrected chi connectivity index (χ4v) is 0.659. The van der Waals surface area contributed by atoms with Gasteiger partial charge in [0.05, 0.1) is 12.8 Å². The Kier molecular flexibility index (Phi) is 18.8. The number of ether oxygens (including phenoxy) is 2. The van der Waals surface area contributed by atoms with E-state index in [2.05, 4.69) is 9.47 Å². The first-order chi connectivity index (χ1) is 4.79. The summed E-state index contributed by atoms with van der Waals surface area (Å²) in [6.45, 7) is 0.370. The number of hydrogen-bond acceptors (Lipinski definition) is 4. The molecule has 3 radical (unpaired) electrons. The molecule has 4 nitrogen and oxygen atoms in total. The molecule has 0 N–H and O–H groups in total. The van der Waals surface area contributed by atoms with Crippen LogP contribution in [0.15, 0.2) is 0 Å². The van der Waals surface area contributed by atoms with Crippen molar-refractivity contribution in [3.8, 4) is 0 Å². The Hall–Kier alpha value is 1.94. The van der Waals surface area contributed by atoms with Gasteiger partial charge in [0.25, 0.3) is 0 Å². The molecule has 0 spiro atoms. The monoisotopic (exact) mass is 213 g/mol. The van der Waals surface area contributed by atoms with E-state index in [9.17, 15) is 9.59 Å². The van der Waals surface area contributed by atoms with Crippen molar-refractivity contribution in [3.05, 3.63) is 0 Å². The fourth-order valence-electron chi connectivity index (χ4n) is 0.659. The van der Waals surface area contributed by atoms with Gasteiger partial charge in [-0.05, 0) is 0 Å². The molecule has 1 rings (SSSR count). The van der Waals surface area contributed by atoms with Crippen molar-refractivity contribution in [2.24, 2.45) is 0 Å². The summed E-state index contributed by atoms with van der Waals surface area (Å²) in [7, 11) is 0. The number of rotatable bonds is 0. The second-order valence-electron chi connectivity index (χ2n) is 1.94. The minimum Gasteiger partial charge on any atom is -0.462 e. The molecule has 1 heterocycles. The van der Waals surface area contributed by atoms with Crippen molar-refractivity contribution >= 4 is 101 Å². The number of hydrogen-bond donors (Lipinski definition) is 0. The molecule has 1 saturated heterocycles. The summed E-state index contributed by atoms with van der Waals surface area (Å²) in [5, 5.41) is 0. The van der Waals surface area contributed by atoms with Crippen LogP contribution in [0.4, 0.5) is 0 Å². The molecule has 1 fully saturated rings. The Morgan fingerprint density at radius 2 is 1.08 bits per heavy atom. The van der Waals surface area contributed by atoms with E-state index in [1.807, 2.05) is 0 Å². The Morgan fingerprint density at radius 1 is 0.769 bits per heavy atom. The number of cyclic esters (lactones) is 2. The maximum atomic E-state index is 10.6. The van der Waals surface area contributed by atoms with Crippen LogP contribution in [0.5, 0.6) is 0 Å². The number of esters is 2. The zero-order chi connectivity index (χ0) is 7.40. The van der Waals surface area contributed by atoms with Crippen LogP contribution in [-0.2, 0) is 19.1 Å². The molecule has 0 atom stereocenters. The first-order valence-electron chi connectivity index (χ1n) is 3.10. The van der Waals surface area contributed by atoms with E-state index in [1.54, 1.807) is 0 Å². The van der Waals surface area contributed by atoms with Gasteiger partial charge in [-0.1, -0.05) is 0 Å². The Labute approximate surface area is 143 Å². The summed E-state index contributed by atoms with van der Waals surface area (Å²) < 4.78 is 9.23. The van der Waals surface area contributed by atoms with Gasteiger partial charge in [0.1, 0.15) is 13.2 Å². The molecular formula is C6H8Na3O4. The summed E-state index contributed by atoms with van der Waals surface area (Å²) in [5.41, 5.74) is 0. The Balaban J connectivity index is -0.000000333. The van der Waals surface area contributed by atoms with Crippen molar-refractivity contribution in [1.29, 1.82) is 0 Å². The van der Waals surface area contributed by atoms with Crippen molar-refractivity contribution in [3.63, 3.8) is 0 Å². The van der Waals surface area contributed by atoms with Crippen molar-refractivity contribution in [1.82, 2.24) is 0 Å². The largest absolute Gasteiger partial charge is 0.462 e. The van der Waals surface area contributed by atoms with Crippen LogP contribution < -0.4 is 0 Å². The summed E-state index contributed by atoms with van der Waals surface area (Å²) in [6.07, 6.45) is 0.275. The maximum absolute atomic E-state index is 10.6. The molecule has 0 bridgehead atoms. The third kappa shape index (κ3) is 10.2. The van der Waals surface area contributed by atoms with Crippen molar-refractivity contribution in [2.75, 3.05) is 13.2 Å². The topological polar surface area (TPSA) is 52.6 Å². The van der Waals surface area contributed by atoms with Crippen molar-refractivity contribution in [2.45, 2.75) is 12.8 Å². The van der Waals surface area contributed by atoms with Gasteiger partial charge in [-0.2, -0.15) is 0 Å². The number of carbonyl (C=O) groups excluding carboxylic acids is 2. The van der Waals surface area contributed by atoms with E-state index in [0.717, 1.165) is 0 Å². The van der Waals surface area contributed by atoms with Crippen LogP contribution in [0.1, 0.15) is 12.8 Å². The second kappa shape index (κ2) is 12.0. The number of carbonyl (C=O) groups is 2. The van der Waals surface area contributed by atoms with E-state index in [4.69, 9.17) is 0 Å². The molecule has 0 aliphatic carbocycles. The van der Waals surface area contributed by atoms with Crippen LogP contribution in [-0.4, -0.2) is 114 Å². The Morgan fingerprint density at radius 3 is 1.38 bits per heavy atom. The van der Waals surface area contributed by atoms with Crippen LogP contribution >= 0.6 is 0 Å². The summed E-state index contributed by atoms with van der Waals surface area (Å²) in [4.78, 5) is 21.1. The second-order valence-corrected chi connectivity index (χ2v) is 1.94. The maximum Gasteiger partial charge on any atom is 0.306 e. The first kappa shape index (κ1) is 20.4. The van der Waals surface area contributed by atoms with Gasteiger partial charge in [-0.3, -0.25) is 9.59 Å². The van der Waals surface area contributed by atoms with Gasteiger partial charge in [0.15, 0.2) is 0 Å². The summed E-state index contributed by atoms with van der Waals surface area (Å²) >= 11 is 0. The standard InChI is InChI=1S/C6H8O4.3Na/c7-5-1-2-6(8)10-4-3-9-5;;;/h1-4H2;;;. The van der Waals surface area contributed by atoms with E-state index in [0.29, 0.717) is 0 Å². The average molecular weight is 213 g/mol. The molecule has 0 aromatic heterocycles. The van der Waals surface area contributed by atoms with Gasteiger partial charge >= 0.3 is 11.9 Å². The summed E-state index contributed by atoms with van der Waals surface area (Å²) in [6, 6.07) is 0. The van der Waals surface area contributed by atoms with Crippen LogP contribution in [0, 0.1) is 0 Å². The molecule has 0 unspecified atom stereocenters. The molecule has 0 amide bonds. The van der Waals surface area contributed by atoms with Gasteiger partial charge < -0.3 is 9.47 Å². The zero-order valence-corrected chi connectivity index (χ0v) is 14.5. The predicted octanol–water partition coefficient (Wildman–Crippen LogP) is -1.28. The quantitative estimate of drug-likeness (QED) is 0.371. The van der Waals surface area contributed by atoms with Gasteiger partial charge in [-0.15, -0.1) is 0 Å². The third-order valence-corrected chi connectivity index (χ3v) is 1.14. The van der Waals surface area contributed by atoms with Crippen LogP contribution in [0.2, 0.25) is 0 Å². The van der Waals surface area contributed by atoms with E-state index >= 15 is 0 Å². The third-order valence-electron chi connectivity index (χ3n) is 1.14. The molecule has 1 aliphatic heterocycles. The minimum absolute atomic E-state index is 0. The van der Waals surface area contributed by atoms with E-state index in [-0.39, 0.29) is 127 Å². The van der Waals surface area contributed by atoms with Crippen LogP contribution in [0.25, 0.3) is 0 Å².